The average Bonchev–Trinajstić information content (AvgIpc) is 3.12. The summed E-state index contributed by atoms with van der Waals surface area (Å²) < 4.78 is 28.9. The second-order valence-electron chi connectivity index (χ2n) is 6.13. The van der Waals surface area contributed by atoms with Crippen molar-refractivity contribution in [3.05, 3.63) is 0 Å². The van der Waals surface area contributed by atoms with Crippen molar-refractivity contribution < 1.29 is 13.5 Å². The molecule has 2 rings (SSSR count). The number of aliphatic hydroxyl groups is 1. The van der Waals surface area contributed by atoms with Gasteiger partial charge in [-0.25, -0.2) is 0 Å². The van der Waals surface area contributed by atoms with Crippen LogP contribution in [0.15, 0.2) is 0 Å². The minimum Gasteiger partial charge on any atom is -0.396 e. The molecule has 0 amide bonds. The standard InChI is InChI=1S/C12H24N2O3S/c1-12(2,11-3-4-11)13-18(16,17)14-7-5-10(9-15)6-8-14/h10-11,13,15H,3-9H2,1-2H3. The van der Waals surface area contributed by atoms with Crippen LogP contribution in [-0.2, 0) is 10.2 Å². The van der Waals surface area contributed by atoms with E-state index in [1.54, 1.807) is 0 Å². The third-order valence-corrected chi connectivity index (χ3v) is 5.99. The molecule has 6 heteroatoms. The van der Waals surface area contributed by atoms with Gasteiger partial charge in [-0.1, -0.05) is 0 Å². The molecule has 0 spiro atoms. The van der Waals surface area contributed by atoms with Crippen LogP contribution in [0, 0.1) is 11.8 Å². The molecule has 0 atom stereocenters. The molecule has 0 aromatic heterocycles. The molecule has 0 aromatic rings. The molecule has 0 unspecified atom stereocenters. The number of aliphatic hydroxyl groups excluding tert-OH is 1. The Bertz CT molecular complexity index is 382. The Hall–Kier alpha value is -0.170. The van der Waals surface area contributed by atoms with Crippen molar-refractivity contribution >= 4 is 10.2 Å². The fourth-order valence-electron chi connectivity index (χ4n) is 2.62. The molecule has 2 fully saturated rings. The molecule has 1 saturated carbocycles. The van der Waals surface area contributed by atoms with Gasteiger partial charge in [0.25, 0.3) is 10.2 Å². The van der Waals surface area contributed by atoms with E-state index in [4.69, 9.17) is 5.11 Å². The summed E-state index contributed by atoms with van der Waals surface area (Å²) in [6.07, 6.45) is 3.73. The number of rotatable bonds is 5. The van der Waals surface area contributed by atoms with Crippen LogP contribution >= 0.6 is 0 Å². The predicted molar refractivity (Wildman–Crippen MR) is 70.2 cm³/mol. The smallest absolute Gasteiger partial charge is 0.279 e. The summed E-state index contributed by atoms with van der Waals surface area (Å²) in [4.78, 5) is 0. The van der Waals surface area contributed by atoms with Crippen molar-refractivity contribution in [3.63, 3.8) is 0 Å². The van der Waals surface area contributed by atoms with Gasteiger partial charge in [-0.2, -0.15) is 17.4 Å². The molecular weight excluding hydrogens is 252 g/mol. The molecule has 2 aliphatic rings. The molecule has 1 saturated heterocycles. The van der Waals surface area contributed by atoms with E-state index in [1.807, 2.05) is 13.8 Å². The number of hydrogen-bond donors (Lipinski definition) is 2. The maximum absolute atomic E-state index is 12.3. The highest BCUT2D eigenvalue weighted by molar-refractivity contribution is 7.87. The van der Waals surface area contributed by atoms with E-state index in [9.17, 15) is 8.42 Å². The van der Waals surface area contributed by atoms with E-state index in [2.05, 4.69) is 4.72 Å². The van der Waals surface area contributed by atoms with Gasteiger partial charge in [-0.3, -0.25) is 0 Å². The Balaban J connectivity index is 1.95. The van der Waals surface area contributed by atoms with Gasteiger partial charge in [0.2, 0.25) is 0 Å². The van der Waals surface area contributed by atoms with Crippen LogP contribution in [0.4, 0.5) is 0 Å². The molecule has 0 aromatic carbocycles. The van der Waals surface area contributed by atoms with E-state index >= 15 is 0 Å². The van der Waals surface area contributed by atoms with Gasteiger partial charge in [0.05, 0.1) is 0 Å². The first kappa shape index (κ1) is 14.2. The minimum atomic E-state index is -3.38. The summed E-state index contributed by atoms with van der Waals surface area (Å²) >= 11 is 0. The van der Waals surface area contributed by atoms with Crippen LogP contribution in [-0.4, -0.2) is 43.1 Å². The van der Waals surface area contributed by atoms with Crippen molar-refractivity contribution in [1.29, 1.82) is 0 Å². The second kappa shape index (κ2) is 5.07. The zero-order chi connectivity index (χ0) is 13.4. The van der Waals surface area contributed by atoms with E-state index in [1.165, 1.54) is 4.31 Å². The Kier molecular flexibility index (Phi) is 4.02. The predicted octanol–water partition coefficient (Wildman–Crippen LogP) is 0.714. The lowest BCUT2D eigenvalue weighted by molar-refractivity contribution is 0.168. The second-order valence-corrected chi connectivity index (χ2v) is 7.80. The number of piperidine rings is 1. The van der Waals surface area contributed by atoms with Crippen molar-refractivity contribution in [2.75, 3.05) is 19.7 Å². The van der Waals surface area contributed by atoms with Crippen LogP contribution in [0.25, 0.3) is 0 Å². The fourth-order valence-corrected chi connectivity index (χ4v) is 4.27. The summed E-state index contributed by atoms with van der Waals surface area (Å²) in [5, 5.41) is 9.06. The topological polar surface area (TPSA) is 69.6 Å². The maximum atomic E-state index is 12.3. The highest BCUT2D eigenvalue weighted by atomic mass is 32.2. The van der Waals surface area contributed by atoms with Gasteiger partial charge >= 0.3 is 0 Å². The van der Waals surface area contributed by atoms with Crippen LogP contribution in [0.5, 0.6) is 0 Å². The molecule has 0 bridgehead atoms. The monoisotopic (exact) mass is 276 g/mol. The maximum Gasteiger partial charge on any atom is 0.279 e. The third-order valence-electron chi connectivity index (χ3n) is 4.16. The Labute approximate surface area is 110 Å². The van der Waals surface area contributed by atoms with Crippen molar-refractivity contribution in [1.82, 2.24) is 9.03 Å². The summed E-state index contributed by atoms with van der Waals surface area (Å²) in [7, 11) is -3.38. The minimum absolute atomic E-state index is 0.162. The van der Waals surface area contributed by atoms with Crippen LogP contribution < -0.4 is 4.72 Å². The van der Waals surface area contributed by atoms with Gasteiger partial charge in [0, 0.05) is 25.2 Å². The van der Waals surface area contributed by atoms with Crippen LogP contribution in [0.2, 0.25) is 0 Å². The average molecular weight is 276 g/mol. The lowest BCUT2D eigenvalue weighted by Crippen LogP contribution is -2.53. The largest absolute Gasteiger partial charge is 0.396 e. The third kappa shape index (κ3) is 3.23. The van der Waals surface area contributed by atoms with E-state index < -0.39 is 10.2 Å². The van der Waals surface area contributed by atoms with Crippen LogP contribution in [0.1, 0.15) is 39.5 Å². The first-order valence-corrected chi connectivity index (χ1v) is 8.19. The van der Waals surface area contributed by atoms with E-state index in [0.717, 1.165) is 25.7 Å². The van der Waals surface area contributed by atoms with Crippen molar-refractivity contribution in [2.24, 2.45) is 11.8 Å². The first-order chi connectivity index (χ1) is 8.35. The molecule has 2 N–H and O–H groups in total. The molecular formula is C12H24N2O3S. The van der Waals surface area contributed by atoms with E-state index in [-0.39, 0.29) is 18.1 Å². The van der Waals surface area contributed by atoms with Crippen LogP contribution in [0.3, 0.4) is 0 Å². The molecule has 1 heterocycles. The van der Waals surface area contributed by atoms with Gasteiger partial charge in [0.1, 0.15) is 0 Å². The van der Waals surface area contributed by atoms with Crippen molar-refractivity contribution in [2.45, 2.75) is 45.1 Å². The molecule has 1 aliphatic heterocycles. The quantitative estimate of drug-likeness (QED) is 0.777. The van der Waals surface area contributed by atoms with Gasteiger partial charge in [-0.05, 0) is 51.4 Å². The van der Waals surface area contributed by atoms with Gasteiger partial charge < -0.3 is 5.11 Å². The zero-order valence-electron chi connectivity index (χ0n) is 11.2. The normalized spacial score (nSPS) is 24.4. The summed E-state index contributed by atoms with van der Waals surface area (Å²) in [5.74, 6) is 0.732. The fraction of sp³-hybridized carbons (Fsp3) is 1.00. The molecule has 5 nitrogen and oxygen atoms in total. The van der Waals surface area contributed by atoms with Gasteiger partial charge in [-0.15, -0.1) is 0 Å². The van der Waals surface area contributed by atoms with Gasteiger partial charge in [0.15, 0.2) is 0 Å². The zero-order valence-corrected chi connectivity index (χ0v) is 12.0. The Morgan fingerprint density at radius 2 is 1.78 bits per heavy atom. The van der Waals surface area contributed by atoms with E-state index in [0.29, 0.717) is 19.0 Å². The molecule has 1 aliphatic carbocycles. The molecule has 18 heavy (non-hydrogen) atoms. The number of hydrogen-bond acceptors (Lipinski definition) is 3. The highest BCUT2D eigenvalue weighted by Crippen LogP contribution is 2.39. The highest BCUT2D eigenvalue weighted by Gasteiger charge is 2.42. The lowest BCUT2D eigenvalue weighted by atomic mass is 10.00. The molecule has 106 valence electrons. The van der Waals surface area contributed by atoms with Crippen molar-refractivity contribution in [3.8, 4) is 0 Å². The first-order valence-electron chi connectivity index (χ1n) is 6.75. The summed E-state index contributed by atoms with van der Waals surface area (Å²) in [5.41, 5.74) is -0.341. The molecule has 0 radical (unpaired) electrons. The number of nitrogens with one attached hydrogen (secondary N) is 1. The summed E-state index contributed by atoms with van der Waals surface area (Å²) in [6, 6.07) is 0. The summed E-state index contributed by atoms with van der Waals surface area (Å²) in [6.45, 7) is 5.11. The lowest BCUT2D eigenvalue weighted by Gasteiger charge is -2.34. The SMILES string of the molecule is CC(C)(NS(=O)(=O)N1CCC(CO)CC1)C1CC1. The number of nitrogens with zero attached hydrogens (tertiary/aromatic N) is 1. The Morgan fingerprint density at radius 1 is 1.22 bits per heavy atom. The Morgan fingerprint density at radius 3 is 2.22 bits per heavy atom.